The molecule has 0 saturated carbocycles. The van der Waals surface area contributed by atoms with Crippen LogP contribution >= 0.6 is 0 Å². The number of aromatic nitrogens is 3. The maximum atomic E-state index is 12.2. The number of aromatic hydroxyl groups is 1. The molecule has 0 spiro atoms. The molecule has 202 valence electrons. The zero-order valence-corrected chi connectivity index (χ0v) is 21.7. The molecule has 0 fully saturated rings. The van der Waals surface area contributed by atoms with Crippen LogP contribution in [0.5, 0.6) is 17.2 Å². The molecule has 0 aliphatic rings. The number of phenolic OH excluding ortho intramolecular Hbond substituents is 1. The van der Waals surface area contributed by atoms with Crippen LogP contribution in [0.2, 0.25) is 0 Å². The molecule has 3 rings (SSSR count). The Morgan fingerprint density at radius 1 is 1.13 bits per heavy atom. The van der Waals surface area contributed by atoms with Gasteiger partial charge < -0.3 is 19.9 Å². The lowest BCUT2D eigenvalue weighted by atomic mass is 10.1. The summed E-state index contributed by atoms with van der Waals surface area (Å²) >= 11 is 0. The maximum Gasteiger partial charge on any atom is 0.265 e. The molecule has 0 aliphatic carbocycles. The van der Waals surface area contributed by atoms with Crippen LogP contribution in [0.25, 0.3) is 6.08 Å². The van der Waals surface area contributed by atoms with Crippen molar-refractivity contribution in [3.05, 3.63) is 71.1 Å². The minimum atomic E-state index is -0.325. The number of nitrogens with two attached hydrogens (primary N) is 1. The van der Waals surface area contributed by atoms with Gasteiger partial charge in [0.15, 0.2) is 11.5 Å². The number of aryl methyl sites for hydroxylation is 1. The van der Waals surface area contributed by atoms with E-state index in [1.807, 2.05) is 25.4 Å². The van der Waals surface area contributed by atoms with Gasteiger partial charge in [-0.05, 0) is 54.9 Å². The molecule has 38 heavy (non-hydrogen) atoms. The van der Waals surface area contributed by atoms with Crippen LogP contribution < -0.4 is 26.1 Å². The van der Waals surface area contributed by atoms with E-state index in [4.69, 9.17) is 15.3 Å². The standard InChI is InChI=1S/C26H33N7O5/c1-32(15-18-5-8-20(9-6-18)26(36)29-27)16-21-17-33(31-30-21)12-4-11-28-24(34)10-7-19-13-22(37-2)25(35)23(14-19)38-3/h5-10,13-14,17,35H,4,11-12,15-16,27H2,1-3H3,(H,28,34)(H,29,36)/b10-7+. The number of phenols is 1. The van der Waals surface area contributed by atoms with Gasteiger partial charge in [0.05, 0.1) is 19.9 Å². The molecule has 1 heterocycles. The zero-order chi connectivity index (χ0) is 27.5. The fourth-order valence-electron chi connectivity index (χ4n) is 3.70. The Kier molecular flexibility index (Phi) is 10.2. The van der Waals surface area contributed by atoms with Gasteiger partial charge in [-0.3, -0.25) is 24.6 Å². The summed E-state index contributed by atoms with van der Waals surface area (Å²) in [7, 11) is 4.86. The Morgan fingerprint density at radius 3 is 2.45 bits per heavy atom. The fraction of sp³-hybridized carbons (Fsp3) is 0.308. The highest BCUT2D eigenvalue weighted by atomic mass is 16.5. The van der Waals surface area contributed by atoms with Crippen LogP contribution in [-0.2, 0) is 24.4 Å². The number of hydrogen-bond acceptors (Lipinski definition) is 9. The molecule has 0 aliphatic heterocycles. The molecular formula is C26H33N7O5. The molecule has 2 aromatic carbocycles. The third-order valence-electron chi connectivity index (χ3n) is 5.61. The molecule has 0 radical (unpaired) electrons. The van der Waals surface area contributed by atoms with E-state index in [1.54, 1.807) is 35.0 Å². The van der Waals surface area contributed by atoms with Crippen LogP contribution in [0, 0.1) is 0 Å². The summed E-state index contributed by atoms with van der Waals surface area (Å²) in [6, 6.07) is 10.5. The number of nitrogens with one attached hydrogen (secondary N) is 2. The van der Waals surface area contributed by atoms with Crippen molar-refractivity contribution in [2.75, 3.05) is 27.8 Å². The summed E-state index contributed by atoms with van der Waals surface area (Å²) in [6.07, 6.45) is 5.60. The molecule has 2 amide bonds. The first-order chi connectivity index (χ1) is 18.3. The molecule has 12 heteroatoms. The number of rotatable bonds is 13. The van der Waals surface area contributed by atoms with Gasteiger partial charge in [-0.25, -0.2) is 5.84 Å². The van der Waals surface area contributed by atoms with Gasteiger partial charge >= 0.3 is 0 Å². The number of hydrazine groups is 1. The van der Waals surface area contributed by atoms with Crippen LogP contribution in [0.1, 0.15) is 33.6 Å². The van der Waals surface area contributed by atoms with Gasteiger partial charge in [0.25, 0.3) is 5.91 Å². The van der Waals surface area contributed by atoms with E-state index in [0.29, 0.717) is 43.7 Å². The van der Waals surface area contributed by atoms with Gasteiger partial charge in [0.1, 0.15) is 0 Å². The predicted octanol–water partition coefficient (Wildman–Crippen LogP) is 1.46. The molecule has 0 saturated heterocycles. The fourth-order valence-corrected chi connectivity index (χ4v) is 3.70. The number of nitrogens with zero attached hydrogens (tertiary/aromatic N) is 4. The Hall–Kier alpha value is -4.42. The molecule has 3 aromatic rings. The minimum Gasteiger partial charge on any atom is -0.502 e. The van der Waals surface area contributed by atoms with E-state index in [-0.39, 0.29) is 29.1 Å². The number of methoxy groups -OCH3 is 2. The van der Waals surface area contributed by atoms with Crippen molar-refractivity contribution in [1.29, 1.82) is 0 Å². The van der Waals surface area contributed by atoms with Crippen LogP contribution in [0.4, 0.5) is 0 Å². The van der Waals surface area contributed by atoms with Crippen molar-refractivity contribution in [3.63, 3.8) is 0 Å². The first-order valence-electron chi connectivity index (χ1n) is 11.9. The molecule has 12 nitrogen and oxygen atoms in total. The summed E-state index contributed by atoms with van der Waals surface area (Å²) in [4.78, 5) is 25.8. The summed E-state index contributed by atoms with van der Waals surface area (Å²) in [5, 5.41) is 21.2. The van der Waals surface area contributed by atoms with Crippen LogP contribution in [-0.4, -0.2) is 64.6 Å². The van der Waals surface area contributed by atoms with Crippen molar-refractivity contribution in [2.24, 2.45) is 5.84 Å². The second-order valence-electron chi connectivity index (χ2n) is 8.57. The maximum absolute atomic E-state index is 12.2. The smallest absolute Gasteiger partial charge is 0.265 e. The summed E-state index contributed by atoms with van der Waals surface area (Å²) < 4.78 is 12.0. The lowest BCUT2D eigenvalue weighted by molar-refractivity contribution is -0.116. The Morgan fingerprint density at radius 2 is 1.82 bits per heavy atom. The molecule has 5 N–H and O–H groups in total. The first-order valence-corrected chi connectivity index (χ1v) is 11.9. The van der Waals surface area contributed by atoms with Crippen molar-refractivity contribution in [3.8, 4) is 17.2 Å². The van der Waals surface area contributed by atoms with Crippen LogP contribution in [0.3, 0.4) is 0 Å². The van der Waals surface area contributed by atoms with Gasteiger partial charge in [-0.1, -0.05) is 17.3 Å². The average molecular weight is 524 g/mol. The second kappa shape index (κ2) is 13.8. The minimum absolute atomic E-state index is 0.0930. The highest BCUT2D eigenvalue weighted by Crippen LogP contribution is 2.37. The molecule has 0 bridgehead atoms. The molecule has 0 unspecified atom stereocenters. The number of benzene rings is 2. The molecular weight excluding hydrogens is 490 g/mol. The highest BCUT2D eigenvalue weighted by molar-refractivity contribution is 5.93. The normalized spacial score (nSPS) is 11.1. The lowest BCUT2D eigenvalue weighted by Gasteiger charge is -2.15. The summed E-state index contributed by atoms with van der Waals surface area (Å²) in [5.74, 6) is 5.02. The van der Waals surface area contributed by atoms with Crippen molar-refractivity contribution < 1.29 is 24.2 Å². The van der Waals surface area contributed by atoms with E-state index in [9.17, 15) is 14.7 Å². The van der Waals surface area contributed by atoms with E-state index in [2.05, 4.69) is 26.0 Å². The van der Waals surface area contributed by atoms with Crippen LogP contribution in [0.15, 0.2) is 48.7 Å². The third-order valence-corrected chi connectivity index (χ3v) is 5.61. The molecule has 0 atom stereocenters. The SMILES string of the molecule is COc1cc(/C=C/C(=O)NCCCn2cc(CN(C)Cc3ccc(C(=O)NN)cc3)nn2)cc(OC)c1O. The van der Waals surface area contributed by atoms with Gasteiger partial charge in [-0.2, -0.15) is 0 Å². The lowest BCUT2D eigenvalue weighted by Crippen LogP contribution is -2.29. The van der Waals surface area contributed by atoms with Crippen molar-refractivity contribution in [1.82, 2.24) is 30.6 Å². The number of hydrogen-bond donors (Lipinski definition) is 4. The topological polar surface area (TPSA) is 157 Å². The van der Waals surface area contributed by atoms with E-state index in [0.717, 1.165) is 11.3 Å². The van der Waals surface area contributed by atoms with Gasteiger partial charge in [-0.15, -0.1) is 5.10 Å². The van der Waals surface area contributed by atoms with E-state index < -0.39 is 0 Å². The third kappa shape index (κ3) is 8.05. The highest BCUT2D eigenvalue weighted by Gasteiger charge is 2.10. The number of carbonyl (C=O) groups is 2. The first kappa shape index (κ1) is 28.2. The van der Waals surface area contributed by atoms with Crippen molar-refractivity contribution in [2.45, 2.75) is 26.1 Å². The molecule has 1 aromatic heterocycles. The van der Waals surface area contributed by atoms with Gasteiger partial charge in [0.2, 0.25) is 11.7 Å². The number of ether oxygens (including phenoxy) is 2. The monoisotopic (exact) mass is 523 g/mol. The Bertz CT molecular complexity index is 1230. The number of carbonyl (C=O) groups excluding carboxylic acids is 2. The number of amides is 2. The Balaban J connectivity index is 1.40. The zero-order valence-electron chi connectivity index (χ0n) is 21.7. The van der Waals surface area contributed by atoms with Gasteiger partial charge in [0, 0.05) is 44.0 Å². The summed E-state index contributed by atoms with van der Waals surface area (Å²) in [5.41, 5.74) is 5.17. The average Bonchev–Trinajstić information content (AvgIpc) is 3.37. The quantitative estimate of drug-likeness (QED) is 0.0856. The second-order valence-corrected chi connectivity index (χ2v) is 8.57. The summed E-state index contributed by atoms with van der Waals surface area (Å²) in [6.45, 7) is 2.37. The van der Waals surface area contributed by atoms with Crippen molar-refractivity contribution >= 4 is 17.9 Å². The predicted molar refractivity (Wildman–Crippen MR) is 141 cm³/mol. The van der Waals surface area contributed by atoms with E-state index in [1.165, 1.54) is 20.3 Å². The number of nitrogen functional groups attached to an aromatic ring is 1. The largest absolute Gasteiger partial charge is 0.502 e. The van der Waals surface area contributed by atoms with E-state index >= 15 is 0 Å². The Labute approximate surface area is 221 Å².